The van der Waals surface area contributed by atoms with Gasteiger partial charge < -0.3 is 19.5 Å². The van der Waals surface area contributed by atoms with Gasteiger partial charge in [-0.1, -0.05) is 18.9 Å². The number of methoxy groups -OCH3 is 1. The van der Waals surface area contributed by atoms with E-state index >= 15 is 0 Å². The Hall–Kier alpha value is -2.41. The molecular weight excluding hydrogens is 384 g/mol. The smallest absolute Gasteiger partial charge is 0.305 e. The van der Waals surface area contributed by atoms with Gasteiger partial charge in [-0.25, -0.2) is 0 Å². The van der Waals surface area contributed by atoms with Gasteiger partial charge in [0, 0.05) is 37.6 Å². The second kappa shape index (κ2) is 8.95. The lowest BCUT2D eigenvalue weighted by Gasteiger charge is -2.27. The van der Waals surface area contributed by atoms with Crippen molar-refractivity contribution in [2.24, 2.45) is 0 Å². The highest BCUT2D eigenvalue weighted by Gasteiger charge is 2.40. The second-order valence-corrected chi connectivity index (χ2v) is 8.22. The van der Waals surface area contributed by atoms with E-state index in [-0.39, 0.29) is 18.1 Å². The summed E-state index contributed by atoms with van der Waals surface area (Å²) < 4.78 is 7.15. The number of aromatic nitrogens is 2. The zero-order valence-corrected chi connectivity index (χ0v) is 17.6. The zero-order chi connectivity index (χ0) is 20.2. The fourth-order valence-electron chi connectivity index (χ4n) is 4.54. The van der Waals surface area contributed by atoms with Crippen LogP contribution < -0.4 is 5.32 Å². The van der Waals surface area contributed by atoms with E-state index in [1.807, 2.05) is 24.4 Å². The average Bonchev–Trinajstić information content (AvgIpc) is 3.48. The predicted octanol–water partition coefficient (Wildman–Crippen LogP) is 3.92. The topological polar surface area (TPSA) is 59.4 Å². The first-order valence-corrected chi connectivity index (χ1v) is 10.8. The average molecular weight is 413 g/mol. The predicted molar refractivity (Wildman–Crippen MR) is 115 cm³/mol. The van der Waals surface area contributed by atoms with Gasteiger partial charge in [0.05, 0.1) is 24.9 Å². The van der Waals surface area contributed by atoms with E-state index in [2.05, 4.69) is 38.2 Å². The lowest BCUT2D eigenvalue weighted by Crippen LogP contribution is -2.30. The highest BCUT2D eigenvalue weighted by Crippen LogP contribution is 2.40. The van der Waals surface area contributed by atoms with Gasteiger partial charge in [0.2, 0.25) is 0 Å². The van der Waals surface area contributed by atoms with Crippen LogP contribution >= 0.6 is 12.2 Å². The second-order valence-electron chi connectivity index (χ2n) is 7.83. The minimum Gasteiger partial charge on any atom is -0.469 e. The molecular formula is C22H28N4O2S. The van der Waals surface area contributed by atoms with Crippen LogP contribution in [-0.4, -0.2) is 39.2 Å². The van der Waals surface area contributed by atoms with Gasteiger partial charge in [0.15, 0.2) is 5.11 Å². The van der Waals surface area contributed by atoms with Gasteiger partial charge in [0.25, 0.3) is 0 Å². The number of pyridine rings is 1. The van der Waals surface area contributed by atoms with Crippen LogP contribution in [0.3, 0.4) is 0 Å². The van der Waals surface area contributed by atoms with Crippen molar-refractivity contribution in [1.82, 2.24) is 19.8 Å². The third kappa shape index (κ3) is 4.29. The molecule has 0 bridgehead atoms. The minimum atomic E-state index is -0.187. The lowest BCUT2D eigenvalue weighted by atomic mass is 9.99. The van der Waals surface area contributed by atoms with Gasteiger partial charge in [-0.05, 0) is 55.2 Å². The molecule has 0 aromatic carbocycles. The molecule has 6 nitrogen and oxygen atoms in total. The Morgan fingerprint density at radius 3 is 2.86 bits per heavy atom. The number of hydrogen-bond donors (Lipinski definition) is 1. The van der Waals surface area contributed by atoms with Crippen LogP contribution in [0, 0.1) is 0 Å². The molecule has 2 aromatic rings. The number of hydrogen-bond acceptors (Lipinski definition) is 4. The number of nitrogens with zero attached hydrogens (tertiary/aromatic N) is 3. The van der Waals surface area contributed by atoms with E-state index < -0.39 is 0 Å². The van der Waals surface area contributed by atoms with Crippen molar-refractivity contribution < 1.29 is 9.53 Å². The number of carbonyl (C=O) groups is 1. The largest absolute Gasteiger partial charge is 0.469 e. The quantitative estimate of drug-likeness (QED) is 0.549. The number of ether oxygens (including phenoxy) is 1. The molecule has 2 unspecified atom stereocenters. The Kier molecular flexibility index (Phi) is 6.13. The normalized spacial score (nSPS) is 22.1. The number of thiocarbonyl (C=S) groups is 1. The Morgan fingerprint density at radius 2 is 2.14 bits per heavy atom. The molecule has 0 radical (unpaired) electrons. The van der Waals surface area contributed by atoms with Crippen molar-refractivity contribution in [2.75, 3.05) is 13.7 Å². The van der Waals surface area contributed by atoms with E-state index in [9.17, 15) is 4.79 Å². The number of carbonyl (C=O) groups excluding carboxylic acids is 1. The summed E-state index contributed by atoms with van der Waals surface area (Å²) in [5, 5.41) is 4.18. The van der Waals surface area contributed by atoms with Crippen LogP contribution in [0.5, 0.6) is 0 Å². The molecule has 154 valence electrons. The molecule has 2 fully saturated rings. The van der Waals surface area contributed by atoms with Crippen LogP contribution in [0.15, 0.2) is 42.9 Å². The molecule has 29 heavy (non-hydrogen) atoms. The summed E-state index contributed by atoms with van der Waals surface area (Å²) >= 11 is 5.68. The zero-order valence-electron chi connectivity index (χ0n) is 16.8. The molecule has 4 rings (SSSR count). The molecule has 2 aromatic heterocycles. The molecule has 2 aliphatic rings. The van der Waals surface area contributed by atoms with Crippen molar-refractivity contribution in [3.05, 3.63) is 54.1 Å². The van der Waals surface area contributed by atoms with Gasteiger partial charge in [-0.3, -0.25) is 9.78 Å². The van der Waals surface area contributed by atoms with Crippen molar-refractivity contribution >= 4 is 23.3 Å². The Balaban J connectivity index is 1.59. The summed E-state index contributed by atoms with van der Waals surface area (Å²) in [5.74, 6) is -0.187. The molecule has 0 spiro atoms. The maximum atomic E-state index is 11.6. The minimum absolute atomic E-state index is 0.0127. The molecule has 0 amide bonds. The van der Waals surface area contributed by atoms with E-state index in [4.69, 9.17) is 17.0 Å². The van der Waals surface area contributed by atoms with Gasteiger partial charge >= 0.3 is 5.97 Å². The first kappa shape index (κ1) is 19.9. The third-order valence-electron chi connectivity index (χ3n) is 6.03. The molecule has 1 aliphatic carbocycles. The highest BCUT2D eigenvalue weighted by molar-refractivity contribution is 7.80. The van der Waals surface area contributed by atoms with Crippen LogP contribution in [0.1, 0.15) is 67.9 Å². The fraction of sp³-hybridized carbons (Fsp3) is 0.500. The molecule has 1 saturated heterocycles. The molecule has 1 aliphatic heterocycles. The Morgan fingerprint density at radius 1 is 1.31 bits per heavy atom. The summed E-state index contributed by atoms with van der Waals surface area (Å²) in [6, 6.07) is 8.83. The van der Waals surface area contributed by atoms with Crippen LogP contribution in [0.25, 0.3) is 0 Å². The van der Waals surface area contributed by atoms with Crippen molar-refractivity contribution in [3.8, 4) is 0 Å². The summed E-state index contributed by atoms with van der Waals surface area (Å²) in [6.07, 6.45) is 12.5. The van der Waals surface area contributed by atoms with Gasteiger partial charge in [0.1, 0.15) is 0 Å². The van der Waals surface area contributed by atoms with E-state index in [1.165, 1.54) is 38.4 Å². The Labute approximate surface area is 177 Å². The fourth-order valence-corrected chi connectivity index (χ4v) is 4.87. The van der Waals surface area contributed by atoms with Gasteiger partial charge in [-0.2, -0.15) is 0 Å². The van der Waals surface area contributed by atoms with Crippen LogP contribution in [-0.2, 0) is 9.53 Å². The molecule has 3 heterocycles. The van der Waals surface area contributed by atoms with E-state index in [0.29, 0.717) is 30.5 Å². The summed E-state index contributed by atoms with van der Waals surface area (Å²) in [4.78, 5) is 18.3. The Bertz CT molecular complexity index is 848. The lowest BCUT2D eigenvalue weighted by molar-refractivity contribution is -0.140. The van der Waals surface area contributed by atoms with Crippen molar-refractivity contribution in [3.63, 3.8) is 0 Å². The van der Waals surface area contributed by atoms with Crippen molar-refractivity contribution in [2.45, 2.75) is 56.7 Å². The van der Waals surface area contributed by atoms with E-state index in [0.717, 1.165) is 5.69 Å². The molecule has 1 N–H and O–H groups in total. The number of esters is 1. The standard InChI is InChI=1S/C22H28N4O2S/c1-28-19(27)10-6-13-26-21(16-11-14-25(15-16)17-7-2-3-8-17)20(24-22(26)29)18-9-4-5-12-23-18/h4-5,9,11-12,14-15,17,20-21H,2-3,6-8,10,13H2,1H3,(H,24,29). The van der Waals surface area contributed by atoms with Gasteiger partial charge in [-0.15, -0.1) is 0 Å². The third-order valence-corrected chi connectivity index (χ3v) is 6.38. The molecule has 1 saturated carbocycles. The summed E-state index contributed by atoms with van der Waals surface area (Å²) in [5.41, 5.74) is 2.21. The number of rotatable bonds is 7. The maximum Gasteiger partial charge on any atom is 0.305 e. The summed E-state index contributed by atoms with van der Waals surface area (Å²) in [7, 11) is 1.43. The maximum absolute atomic E-state index is 11.6. The number of nitrogens with one attached hydrogen (secondary N) is 1. The van der Waals surface area contributed by atoms with Crippen LogP contribution in [0.4, 0.5) is 0 Å². The monoisotopic (exact) mass is 412 g/mol. The first-order chi connectivity index (χ1) is 14.2. The van der Waals surface area contributed by atoms with E-state index in [1.54, 1.807) is 0 Å². The SMILES string of the molecule is COC(=O)CCCN1C(=S)NC(c2ccccn2)C1c1ccn(C2CCCC2)c1. The molecule has 2 atom stereocenters. The first-order valence-electron chi connectivity index (χ1n) is 10.4. The highest BCUT2D eigenvalue weighted by atomic mass is 32.1. The van der Waals surface area contributed by atoms with Crippen molar-refractivity contribution in [1.29, 1.82) is 0 Å². The summed E-state index contributed by atoms with van der Waals surface area (Å²) in [6.45, 7) is 0.698. The molecule has 7 heteroatoms. The van der Waals surface area contributed by atoms with Crippen LogP contribution in [0.2, 0.25) is 0 Å².